The Morgan fingerprint density at radius 1 is 1.47 bits per heavy atom. The molecule has 0 aliphatic rings. The molecule has 1 amide bonds. The van der Waals surface area contributed by atoms with E-state index in [1.165, 1.54) is 0 Å². The molecule has 0 saturated carbocycles. The van der Waals surface area contributed by atoms with Crippen LogP contribution in [0.3, 0.4) is 0 Å². The van der Waals surface area contributed by atoms with Gasteiger partial charge in [0.15, 0.2) is 0 Å². The molecule has 19 heavy (non-hydrogen) atoms. The lowest BCUT2D eigenvalue weighted by Crippen LogP contribution is -2.25. The van der Waals surface area contributed by atoms with Crippen LogP contribution in [0.5, 0.6) is 0 Å². The fourth-order valence-electron chi connectivity index (χ4n) is 1.65. The molecule has 1 rings (SSSR count). The summed E-state index contributed by atoms with van der Waals surface area (Å²) in [5, 5.41) is 11.5. The maximum atomic E-state index is 11.5. The number of nitrogens with zero attached hydrogens (tertiary/aromatic N) is 1. The van der Waals surface area contributed by atoms with Gasteiger partial charge in [0.25, 0.3) is 0 Å². The van der Waals surface area contributed by atoms with Crippen molar-refractivity contribution in [3.63, 3.8) is 0 Å². The second-order valence-corrected chi connectivity index (χ2v) is 4.59. The summed E-state index contributed by atoms with van der Waals surface area (Å²) in [7, 11) is 0. The maximum Gasteiger partial charge on any atom is 0.306 e. The third-order valence-corrected chi connectivity index (χ3v) is 2.92. The molecule has 104 valence electrons. The number of pyridine rings is 1. The van der Waals surface area contributed by atoms with Crippen molar-refractivity contribution in [1.82, 2.24) is 10.3 Å². The first-order valence-corrected chi connectivity index (χ1v) is 6.48. The third kappa shape index (κ3) is 6.55. The number of carboxylic acids is 1. The van der Waals surface area contributed by atoms with E-state index >= 15 is 0 Å². The predicted molar refractivity (Wildman–Crippen MR) is 71.6 cm³/mol. The van der Waals surface area contributed by atoms with E-state index in [0.717, 1.165) is 5.56 Å². The zero-order chi connectivity index (χ0) is 14.1. The van der Waals surface area contributed by atoms with E-state index in [1.54, 1.807) is 19.3 Å². The van der Waals surface area contributed by atoms with Gasteiger partial charge < -0.3 is 10.4 Å². The van der Waals surface area contributed by atoms with E-state index in [1.807, 2.05) is 12.1 Å². The van der Waals surface area contributed by atoms with Crippen molar-refractivity contribution in [2.75, 3.05) is 6.54 Å². The van der Waals surface area contributed by atoms with Crippen LogP contribution >= 0.6 is 0 Å². The van der Waals surface area contributed by atoms with Gasteiger partial charge in [0.2, 0.25) is 5.91 Å². The number of carbonyl (C=O) groups excluding carboxylic acids is 1. The molecule has 0 spiro atoms. The highest BCUT2D eigenvalue weighted by atomic mass is 16.4. The molecule has 1 aromatic rings. The Balaban J connectivity index is 2.10. The lowest BCUT2D eigenvalue weighted by atomic mass is 10.1. The quantitative estimate of drug-likeness (QED) is 0.699. The Labute approximate surface area is 113 Å². The van der Waals surface area contributed by atoms with E-state index in [2.05, 4.69) is 10.3 Å². The Hall–Kier alpha value is -1.91. The van der Waals surface area contributed by atoms with Crippen LogP contribution in [0.1, 0.15) is 31.7 Å². The molecule has 0 aliphatic heterocycles. The molecule has 0 saturated heterocycles. The second-order valence-electron chi connectivity index (χ2n) is 4.59. The average Bonchev–Trinajstić information content (AvgIpc) is 2.42. The Morgan fingerprint density at radius 2 is 2.26 bits per heavy atom. The first-order chi connectivity index (χ1) is 9.09. The minimum atomic E-state index is -0.789. The van der Waals surface area contributed by atoms with Gasteiger partial charge in [0.1, 0.15) is 0 Å². The zero-order valence-electron chi connectivity index (χ0n) is 11.1. The van der Waals surface area contributed by atoms with Gasteiger partial charge in [-0.1, -0.05) is 13.0 Å². The molecule has 0 radical (unpaired) electrons. The van der Waals surface area contributed by atoms with Crippen molar-refractivity contribution in [2.45, 2.75) is 32.6 Å². The summed E-state index contributed by atoms with van der Waals surface area (Å²) in [5.74, 6) is -1.15. The minimum absolute atomic E-state index is 0.00756. The number of amides is 1. The van der Waals surface area contributed by atoms with Crippen LogP contribution < -0.4 is 5.32 Å². The van der Waals surface area contributed by atoms with Crippen LogP contribution in [0.4, 0.5) is 0 Å². The summed E-state index contributed by atoms with van der Waals surface area (Å²) in [6.45, 7) is 2.20. The third-order valence-electron chi connectivity index (χ3n) is 2.92. The van der Waals surface area contributed by atoms with Gasteiger partial charge in [-0.3, -0.25) is 14.6 Å². The Kier molecular flexibility index (Phi) is 6.57. The van der Waals surface area contributed by atoms with Gasteiger partial charge in [-0.25, -0.2) is 0 Å². The van der Waals surface area contributed by atoms with Gasteiger partial charge in [-0.15, -0.1) is 0 Å². The van der Waals surface area contributed by atoms with Crippen LogP contribution in [-0.4, -0.2) is 28.5 Å². The van der Waals surface area contributed by atoms with Crippen molar-refractivity contribution < 1.29 is 14.7 Å². The highest BCUT2D eigenvalue weighted by Crippen LogP contribution is 2.04. The molecule has 0 fully saturated rings. The van der Waals surface area contributed by atoms with Crippen molar-refractivity contribution in [3.8, 4) is 0 Å². The predicted octanol–water partition coefficient (Wildman–Crippen LogP) is 1.63. The van der Waals surface area contributed by atoms with Gasteiger partial charge in [0.05, 0.1) is 5.92 Å². The van der Waals surface area contributed by atoms with Crippen LogP contribution in [0.15, 0.2) is 24.5 Å². The molecular formula is C14H20N2O3. The zero-order valence-corrected chi connectivity index (χ0v) is 11.1. The highest BCUT2D eigenvalue weighted by Gasteiger charge is 2.10. The number of aromatic nitrogens is 1. The van der Waals surface area contributed by atoms with Crippen LogP contribution in [-0.2, 0) is 16.0 Å². The van der Waals surface area contributed by atoms with Crippen molar-refractivity contribution in [1.29, 1.82) is 0 Å². The molecule has 0 aliphatic carbocycles. The molecule has 1 atom stereocenters. The smallest absolute Gasteiger partial charge is 0.306 e. The number of aliphatic carboxylic acids is 1. The van der Waals surface area contributed by atoms with Gasteiger partial charge in [0, 0.05) is 25.4 Å². The van der Waals surface area contributed by atoms with Gasteiger partial charge in [-0.2, -0.15) is 0 Å². The summed E-state index contributed by atoms with van der Waals surface area (Å²) in [4.78, 5) is 26.1. The van der Waals surface area contributed by atoms with Crippen molar-refractivity contribution in [3.05, 3.63) is 30.1 Å². The molecule has 2 N–H and O–H groups in total. The Morgan fingerprint density at radius 3 is 2.89 bits per heavy atom. The fourth-order valence-corrected chi connectivity index (χ4v) is 1.65. The highest BCUT2D eigenvalue weighted by molar-refractivity contribution is 5.76. The molecule has 5 nitrogen and oxygen atoms in total. The topological polar surface area (TPSA) is 79.3 Å². The standard InChI is InChI=1S/C14H20N2O3/c1-11(14(18)19)4-2-9-16-13(17)7-6-12-5-3-8-15-10-12/h3,5,8,10-11H,2,4,6-7,9H2,1H3,(H,16,17)(H,18,19). The minimum Gasteiger partial charge on any atom is -0.481 e. The normalized spacial score (nSPS) is 11.8. The van der Waals surface area contributed by atoms with Crippen LogP contribution in [0, 0.1) is 5.92 Å². The SMILES string of the molecule is CC(CCCNC(=O)CCc1cccnc1)C(=O)O. The lowest BCUT2D eigenvalue weighted by Gasteiger charge is -2.07. The summed E-state index contributed by atoms with van der Waals surface area (Å²) in [6.07, 6.45) is 5.82. The van der Waals surface area contributed by atoms with Crippen LogP contribution in [0.2, 0.25) is 0 Å². The Bertz CT molecular complexity index is 406. The van der Waals surface area contributed by atoms with E-state index in [4.69, 9.17) is 5.11 Å². The molecular weight excluding hydrogens is 244 g/mol. The number of carboxylic acid groups (broad SMARTS) is 1. The van der Waals surface area contributed by atoms with Crippen molar-refractivity contribution >= 4 is 11.9 Å². The van der Waals surface area contributed by atoms with E-state index < -0.39 is 5.97 Å². The maximum absolute atomic E-state index is 11.5. The van der Waals surface area contributed by atoms with E-state index in [0.29, 0.717) is 32.2 Å². The monoisotopic (exact) mass is 264 g/mol. The van der Waals surface area contributed by atoms with Gasteiger partial charge >= 0.3 is 5.97 Å². The summed E-state index contributed by atoms with van der Waals surface area (Å²) < 4.78 is 0. The number of rotatable bonds is 8. The van der Waals surface area contributed by atoms with E-state index in [9.17, 15) is 9.59 Å². The number of aryl methyl sites for hydroxylation is 1. The largest absolute Gasteiger partial charge is 0.481 e. The molecule has 1 heterocycles. The average molecular weight is 264 g/mol. The molecule has 5 heteroatoms. The van der Waals surface area contributed by atoms with E-state index in [-0.39, 0.29) is 11.8 Å². The van der Waals surface area contributed by atoms with Gasteiger partial charge in [-0.05, 0) is 30.9 Å². The fraction of sp³-hybridized carbons (Fsp3) is 0.500. The first-order valence-electron chi connectivity index (χ1n) is 6.48. The molecule has 1 aromatic heterocycles. The molecule has 1 unspecified atom stereocenters. The summed E-state index contributed by atoms with van der Waals surface area (Å²) >= 11 is 0. The number of nitrogens with one attached hydrogen (secondary N) is 1. The second kappa shape index (κ2) is 8.24. The number of carbonyl (C=O) groups is 2. The summed E-state index contributed by atoms with van der Waals surface area (Å²) in [5.41, 5.74) is 1.04. The first kappa shape index (κ1) is 15.1. The van der Waals surface area contributed by atoms with Crippen LogP contribution in [0.25, 0.3) is 0 Å². The summed E-state index contributed by atoms with van der Waals surface area (Å²) in [6, 6.07) is 3.79. The number of hydrogen-bond donors (Lipinski definition) is 2. The molecule has 0 bridgehead atoms. The van der Waals surface area contributed by atoms with Crippen molar-refractivity contribution in [2.24, 2.45) is 5.92 Å². The number of hydrogen-bond acceptors (Lipinski definition) is 3. The lowest BCUT2D eigenvalue weighted by molar-refractivity contribution is -0.141. The molecule has 0 aromatic carbocycles.